The molecule has 0 aliphatic rings. The zero-order valence-corrected chi connectivity index (χ0v) is 19.0. The number of nitrogens with zero attached hydrogens (tertiary/aromatic N) is 1. The molecule has 28 heavy (non-hydrogen) atoms. The Bertz CT molecular complexity index is 879. The molecule has 0 aliphatic carbocycles. The maximum Gasteiger partial charge on any atom is 0.261 e. The van der Waals surface area contributed by atoms with Gasteiger partial charge in [0.25, 0.3) is 5.91 Å². The molecule has 2 amide bonds. The van der Waals surface area contributed by atoms with E-state index in [-0.39, 0.29) is 25.0 Å². The fourth-order valence-electron chi connectivity index (χ4n) is 2.44. The third-order valence-electron chi connectivity index (χ3n) is 4.01. The highest BCUT2D eigenvalue weighted by atomic mass is 79.9. The van der Waals surface area contributed by atoms with Crippen LogP contribution in [-0.4, -0.2) is 36.4 Å². The molecule has 0 saturated carbocycles. The van der Waals surface area contributed by atoms with Gasteiger partial charge < -0.3 is 15.0 Å². The first-order chi connectivity index (χ1) is 13.2. The molecule has 0 aromatic heterocycles. The Balaban J connectivity index is 2.19. The van der Waals surface area contributed by atoms with Crippen molar-refractivity contribution in [2.45, 2.75) is 19.5 Å². The molecule has 2 aromatic carbocycles. The maximum absolute atomic E-state index is 12.8. The highest BCUT2D eigenvalue weighted by Gasteiger charge is 2.26. The highest BCUT2D eigenvalue weighted by molar-refractivity contribution is 9.10. The van der Waals surface area contributed by atoms with Crippen LogP contribution in [0.15, 0.2) is 40.9 Å². The van der Waals surface area contributed by atoms with Crippen molar-refractivity contribution in [3.8, 4) is 5.75 Å². The number of nitrogens with one attached hydrogen (secondary N) is 1. The zero-order valence-electron chi connectivity index (χ0n) is 15.1. The molecule has 2 aromatic rings. The van der Waals surface area contributed by atoms with E-state index in [2.05, 4.69) is 21.2 Å². The van der Waals surface area contributed by atoms with Crippen LogP contribution >= 0.6 is 50.7 Å². The van der Waals surface area contributed by atoms with Crippen molar-refractivity contribution in [1.29, 1.82) is 0 Å². The normalized spacial score (nSPS) is 11.6. The number of carbonyl (C=O) groups excluding carboxylic acids is 2. The van der Waals surface area contributed by atoms with E-state index in [9.17, 15) is 9.59 Å². The Morgan fingerprint density at radius 1 is 1.14 bits per heavy atom. The van der Waals surface area contributed by atoms with Gasteiger partial charge in [0.2, 0.25) is 5.91 Å². The average molecular weight is 509 g/mol. The summed E-state index contributed by atoms with van der Waals surface area (Å²) in [6, 6.07) is 9.33. The molecule has 150 valence electrons. The molecule has 1 atom stereocenters. The number of likely N-dealkylation sites (N-methyl/N-ethyl adjacent to an activating group) is 1. The quantitative estimate of drug-likeness (QED) is 0.576. The second kappa shape index (κ2) is 10.3. The van der Waals surface area contributed by atoms with E-state index in [4.69, 9.17) is 39.5 Å². The van der Waals surface area contributed by atoms with Crippen molar-refractivity contribution in [2.75, 3.05) is 13.7 Å². The number of rotatable bonds is 7. The molecule has 0 spiro atoms. The number of hydrogen-bond donors (Lipinski definition) is 1. The summed E-state index contributed by atoms with van der Waals surface area (Å²) in [6.07, 6.45) is 0. The van der Waals surface area contributed by atoms with Crippen LogP contribution in [-0.2, 0) is 16.1 Å². The molecular weight excluding hydrogens is 490 g/mol. The summed E-state index contributed by atoms with van der Waals surface area (Å²) in [4.78, 5) is 26.4. The van der Waals surface area contributed by atoms with Gasteiger partial charge in [-0.15, -0.1) is 0 Å². The van der Waals surface area contributed by atoms with E-state index < -0.39 is 6.04 Å². The van der Waals surface area contributed by atoms with Crippen molar-refractivity contribution in [1.82, 2.24) is 10.2 Å². The highest BCUT2D eigenvalue weighted by Crippen LogP contribution is 2.28. The first-order valence-corrected chi connectivity index (χ1v) is 10.2. The second-order valence-corrected chi connectivity index (χ2v) is 8.08. The molecule has 0 heterocycles. The topological polar surface area (TPSA) is 58.6 Å². The minimum Gasteiger partial charge on any atom is -0.482 e. The van der Waals surface area contributed by atoms with Crippen molar-refractivity contribution >= 4 is 62.5 Å². The van der Waals surface area contributed by atoms with Crippen molar-refractivity contribution in [3.05, 3.63) is 61.5 Å². The summed E-state index contributed by atoms with van der Waals surface area (Å²) in [5, 5.41) is 3.81. The van der Waals surface area contributed by atoms with Gasteiger partial charge >= 0.3 is 0 Å². The third kappa shape index (κ3) is 6.01. The number of halogens is 4. The molecule has 2 rings (SSSR count). The lowest BCUT2D eigenvalue weighted by atomic mass is 10.1. The van der Waals surface area contributed by atoms with Gasteiger partial charge in [-0.05, 0) is 42.8 Å². The van der Waals surface area contributed by atoms with E-state index >= 15 is 0 Å². The van der Waals surface area contributed by atoms with Crippen LogP contribution in [0.3, 0.4) is 0 Å². The summed E-state index contributed by atoms with van der Waals surface area (Å²) in [6.45, 7) is 1.47. The molecule has 0 radical (unpaired) electrons. The van der Waals surface area contributed by atoms with Crippen LogP contribution in [0.25, 0.3) is 0 Å². The molecule has 9 heteroatoms. The smallest absolute Gasteiger partial charge is 0.261 e. The number of benzene rings is 2. The Morgan fingerprint density at radius 2 is 1.86 bits per heavy atom. The minimum absolute atomic E-state index is 0.126. The molecule has 5 nitrogen and oxygen atoms in total. The van der Waals surface area contributed by atoms with Crippen molar-refractivity contribution in [3.63, 3.8) is 0 Å². The van der Waals surface area contributed by atoms with Gasteiger partial charge in [-0.1, -0.05) is 56.8 Å². The van der Waals surface area contributed by atoms with E-state index in [0.29, 0.717) is 26.4 Å². The summed E-state index contributed by atoms with van der Waals surface area (Å²) < 4.78 is 6.35. The first kappa shape index (κ1) is 22.8. The number of hydrogen-bond acceptors (Lipinski definition) is 3. The standard InChI is InChI=1S/C19H18BrCl3N2O3/c1-11(19(27)24-2)25(9-12-3-5-14(21)8-15(12)22)18(26)10-28-17-6-4-13(20)7-16(17)23/h3-8,11H,9-10H2,1-2H3,(H,24,27). The molecular formula is C19H18BrCl3N2O3. The Labute approximate surface area is 187 Å². The fraction of sp³-hybridized carbons (Fsp3) is 0.263. The Kier molecular flexibility index (Phi) is 8.43. The predicted molar refractivity (Wildman–Crippen MR) is 115 cm³/mol. The van der Waals surface area contributed by atoms with Gasteiger partial charge in [0.15, 0.2) is 6.61 Å². The third-order valence-corrected chi connectivity index (χ3v) is 5.39. The van der Waals surface area contributed by atoms with Crippen LogP contribution in [0.2, 0.25) is 15.1 Å². The van der Waals surface area contributed by atoms with Gasteiger partial charge in [-0.25, -0.2) is 0 Å². The molecule has 0 aliphatic heterocycles. The Hall–Kier alpha value is -1.47. The van der Waals surface area contributed by atoms with E-state index in [1.807, 2.05) is 0 Å². The number of amides is 2. The number of carbonyl (C=O) groups is 2. The lowest BCUT2D eigenvalue weighted by molar-refractivity contribution is -0.142. The lowest BCUT2D eigenvalue weighted by Crippen LogP contribution is -2.48. The molecule has 0 saturated heterocycles. The van der Waals surface area contributed by atoms with Gasteiger partial charge in [-0.2, -0.15) is 0 Å². The van der Waals surface area contributed by atoms with Crippen LogP contribution in [0.1, 0.15) is 12.5 Å². The molecule has 0 bridgehead atoms. The SMILES string of the molecule is CNC(=O)C(C)N(Cc1ccc(Cl)cc1Cl)C(=O)COc1ccc(Br)cc1Cl. The van der Waals surface area contributed by atoms with Crippen LogP contribution in [0.4, 0.5) is 0 Å². The summed E-state index contributed by atoms with van der Waals surface area (Å²) in [5.41, 5.74) is 0.664. The fourth-order valence-corrected chi connectivity index (χ4v) is 3.64. The van der Waals surface area contributed by atoms with Gasteiger partial charge in [0, 0.05) is 28.1 Å². The zero-order chi connectivity index (χ0) is 20.8. The molecule has 1 N–H and O–H groups in total. The summed E-state index contributed by atoms with van der Waals surface area (Å²) in [5.74, 6) is -0.323. The maximum atomic E-state index is 12.8. The Morgan fingerprint density at radius 3 is 2.46 bits per heavy atom. The monoisotopic (exact) mass is 506 g/mol. The van der Waals surface area contributed by atoms with Crippen molar-refractivity contribution in [2.24, 2.45) is 0 Å². The van der Waals surface area contributed by atoms with E-state index in [1.54, 1.807) is 43.3 Å². The average Bonchev–Trinajstić information content (AvgIpc) is 2.65. The van der Waals surface area contributed by atoms with Crippen LogP contribution < -0.4 is 10.1 Å². The van der Waals surface area contributed by atoms with Crippen LogP contribution in [0, 0.1) is 0 Å². The molecule has 1 unspecified atom stereocenters. The summed E-state index contributed by atoms with van der Waals surface area (Å²) in [7, 11) is 1.51. The largest absolute Gasteiger partial charge is 0.482 e. The van der Waals surface area contributed by atoms with E-state index in [1.165, 1.54) is 11.9 Å². The van der Waals surface area contributed by atoms with Crippen molar-refractivity contribution < 1.29 is 14.3 Å². The van der Waals surface area contributed by atoms with Crippen LogP contribution in [0.5, 0.6) is 5.75 Å². The first-order valence-electron chi connectivity index (χ1n) is 8.25. The number of ether oxygens (including phenoxy) is 1. The lowest BCUT2D eigenvalue weighted by Gasteiger charge is -2.28. The summed E-state index contributed by atoms with van der Waals surface area (Å²) >= 11 is 21.6. The second-order valence-electron chi connectivity index (χ2n) is 5.91. The van der Waals surface area contributed by atoms with Gasteiger partial charge in [0.05, 0.1) is 5.02 Å². The van der Waals surface area contributed by atoms with E-state index in [0.717, 1.165) is 4.47 Å². The molecule has 0 fully saturated rings. The van der Waals surface area contributed by atoms with Gasteiger partial charge in [-0.3, -0.25) is 9.59 Å². The van der Waals surface area contributed by atoms with Gasteiger partial charge in [0.1, 0.15) is 11.8 Å². The predicted octanol–water partition coefficient (Wildman–Crippen LogP) is 4.95. The minimum atomic E-state index is -0.728.